The highest BCUT2D eigenvalue weighted by molar-refractivity contribution is 9.10. The molecule has 0 saturated carbocycles. The summed E-state index contributed by atoms with van der Waals surface area (Å²) in [6, 6.07) is 24.5. The van der Waals surface area contributed by atoms with E-state index in [4.69, 9.17) is 27.9 Å². The maximum absolute atomic E-state index is 14.5. The second-order valence-corrected chi connectivity index (χ2v) is 14.0. The van der Waals surface area contributed by atoms with E-state index in [0.29, 0.717) is 27.4 Å². The molecule has 8 nitrogen and oxygen atoms in total. The van der Waals surface area contributed by atoms with Crippen LogP contribution < -0.4 is 14.4 Å². The summed E-state index contributed by atoms with van der Waals surface area (Å²) >= 11 is 15.9. The Morgan fingerprint density at radius 3 is 2.22 bits per heavy atom. The summed E-state index contributed by atoms with van der Waals surface area (Å²) in [5.74, 6) is -0.506. The monoisotopic (exact) mass is 745 g/mol. The normalized spacial score (nSPS) is 11.9. The van der Waals surface area contributed by atoms with Crippen molar-refractivity contribution in [3.05, 3.63) is 122 Å². The van der Waals surface area contributed by atoms with Gasteiger partial charge in [-0.25, -0.2) is 8.42 Å². The molecule has 1 N–H and O–H groups in total. The van der Waals surface area contributed by atoms with E-state index in [-0.39, 0.29) is 34.5 Å². The molecule has 0 aliphatic carbocycles. The molecule has 0 aliphatic heterocycles. The van der Waals surface area contributed by atoms with Crippen molar-refractivity contribution in [2.24, 2.45) is 0 Å². The number of carbonyl (C=O) groups excluding carboxylic acids is 2. The number of benzene rings is 4. The smallest absolute Gasteiger partial charge is 0.264 e. The van der Waals surface area contributed by atoms with Crippen molar-refractivity contribution in [2.45, 2.75) is 37.8 Å². The third-order valence-electron chi connectivity index (χ3n) is 7.27. The van der Waals surface area contributed by atoms with Crippen molar-refractivity contribution in [3.8, 4) is 5.75 Å². The molecular weight excluding hydrogens is 713 g/mol. The standard InChI is InChI=1S/C34H34BrCl2N3O5S/c1-4-38-34(42)31(19-24-8-6-5-7-9-24)39(21-25-12-16-29(36)30(37)18-25)33(41)22-40(26-13-10-23(2)11-14-26)46(43,44)27-15-17-32(45-3)28(35)20-27/h5-18,20,31H,4,19,21-22H2,1-3H3,(H,38,42)/t31-/m1/s1. The Labute approximate surface area is 288 Å². The number of ether oxygens (including phenoxy) is 1. The van der Waals surface area contributed by atoms with Crippen LogP contribution in [0, 0.1) is 6.92 Å². The largest absolute Gasteiger partial charge is 0.496 e. The molecule has 0 saturated heterocycles. The summed E-state index contributed by atoms with van der Waals surface area (Å²) in [4.78, 5) is 29.5. The van der Waals surface area contributed by atoms with Crippen LogP contribution in [0.15, 0.2) is 100 Å². The van der Waals surface area contributed by atoms with Crippen LogP contribution >= 0.6 is 39.1 Å². The quantitative estimate of drug-likeness (QED) is 0.158. The van der Waals surface area contributed by atoms with Crippen molar-refractivity contribution < 1.29 is 22.7 Å². The first-order valence-corrected chi connectivity index (χ1v) is 17.4. The van der Waals surface area contributed by atoms with E-state index < -0.39 is 28.5 Å². The zero-order valence-electron chi connectivity index (χ0n) is 25.5. The fourth-order valence-corrected chi connectivity index (χ4v) is 7.31. The van der Waals surface area contributed by atoms with Crippen LogP contribution in [0.5, 0.6) is 5.75 Å². The van der Waals surface area contributed by atoms with Gasteiger partial charge in [-0.15, -0.1) is 0 Å². The Kier molecular flexibility index (Phi) is 12.1. The number of likely N-dealkylation sites (N-methyl/N-ethyl adjacent to an activating group) is 1. The van der Waals surface area contributed by atoms with Crippen molar-refractivity contribution >= 4 is 66.7 Å². The number of anilines is 1. The zero-order valence-corrected chi connectivity index (χ0v) is 29.5. The van der Waals surface area contributed by atoms with Crippen LogP contribution in [-0.2, 0) is 32.6 Å². The lowest BCUT2D eigenvalue weighted by atomic mass is 10.0. The van der Waals surface area contributed by atoms with Gasteiger partial charge in [0.25, 0.3) is 10.0 Å². The molecule has 46 heavy (non-hydrogen) atoms. The van der Waals surface area contributed by atoms with Crippen molar-refractivity contribution in [1.82, 2.24) is 10.2 Å². The molecule has 2 amide bonds. The Morgan fingerprint density at radius 1 is 0.913 bits per heavy atom. The highest BCUT2D eigenvalue weighted by Gasteiger charge is 2.34. The van der Waals surface area contributed by atoms with Gasteiger partial charge in [0.2, 0.25) is 11.8 Å². The number of aryl methyl sites for hydroxylation is 1. The highest BCUT2D eigenvalue weighted by atomic mass is 79.9. The van der Waals surface area contributed by atoms with Gasteiger partial charge in [0.05, 0.1) is 32.2 Å². The Hall–Kier alpha value is -3.57. The Morgan fingerprint density at radius 2 is 1.61 bits per heavy atom. The molecule has 4 aromatic rings. The van der Waals surface area contributed by atoms with Gasteiger partial charge in [0.15, 0.2) is 0 Å². The van der Waals surface area contributed by atoms with E-state index in [1.807, 2.05) is 37.3 Å². The molecule has 1 atom stereocenters. The number of halogens is 3. The molecule has 0 bridgehead atoms. The van der Waals surface area contributed by atoms with Gasteiger partial charge in [-0.3, -0.25) is 13.9 Å². The number of hydrogen-bond acceptors (Lipinski definition) is 5. The lowest BCUT2D eigenvalue weighted by Gasteiger charge is -2.34. The fraction of sp³-hybridized carbons (Fsp3) is 0.235. The van der Waals surface area contributed by atoms with Crippen LogP contribution in [0.1, 0.15) is 23.6 Å². The topological polar surface area (TPSA) is 96.0 Å². The van der Waals surface area contributed by atoms with E-state index >= 15 is 0 Å². The van der Waals surface area contributed by atoms with Crippen LogP contribution in [0.3, 0.4) is 0 Å². The molecule has 0 heterocycles. The van der Waals surface area contributed by atoms with Gasteiger partial charge in [0.1, 0.15) is 18.3 Å². The first-order valence-electron chi connectivity index (χ1n) is 14.4. The van der Waals surface area contributed by atoms with Crippen LogP contribution in [0.25, 0.3) is 0 Å². The van der Waals surface area contributed by atoms with Gasteiger partial charge in [-0.1, -0.05) is 77.3 Å². The van der Waals surface area contributed by atoms with Gasteiger partial charge < -0.3 is 15.0 Å². The third kappa shape index (κ3) is 8.61. The van der Waals surface area contributed by atoms with Crippen molar-refractivity contribution in [1.29, 1.82) is 0 Å². The van der Waals surface area contributed by atoms with Gasteiger partial charge in [-0.05, 0) is 83.4 Å². The summed E-state index contributed by atoms with van der Waals surface area (Å²) in [5, 5.41) is 3.48. The van der Waals surface area contributed by atoms with E-state index in [9.17, 15) is 18.0 Å². The molecular formula is C34H34BrCl2N3O5S. The van der Waals surface area contributed by atoms with Gasteiger partial charge in [0, 0.05) is 19.5 Å². The highest BCUT2D eigenvalue weighted by Crippen LogP contribution is 2.31. The van der Waals surface area contributed by atoms with Crippen molar-refractivity contribution in [2.75, 3.05) is 24.5 Å². The third-order valence-corrected chi connectivity index (χ3v) is 10.4. The second kappa shape index (κ2) is 15.8. The summed E-state index contributed by atoms with van der Waals surface area (Å²) in [6.45, 7) is 3.41. The molecule has 4 rings (SSSR count). The zero-order chi connectivity index (χ0) is 33.4. The molecule has 242 valence electrons. The molecule has 0 aromatic heterocycles. The maximum Gasteiger partial charge on any atom is 0.264 e. The Balaban J connectivity index is 1.82. The number of nitrogens with one attached hydrogen (secondary N) is 1. The number of rotatable bonds is 13. The average Bonchev–Trinajstić information content (AvgIpc) is 3.04. The lowest BCUT2D eigenvalue weighted by molar-refractivity contribution is -0.140. The number of sulfonamides is 1. The van der Waals surface area contributed by atoms with E-state index in [2.05, 4.69) is 21.2 Å². The first kappa shape index (κ1) is 35.3. The molecule has 0 fully saturated rings. The number of hydrogen-bond donors (Lipinski definition) is 1. The van der Waals surface area contributed by atoms with E-state index in [1.54, 1.807) is 49.4 Å². The van der Waals surface area contributed by atoms with E-state index in [0.717, 1.165) is 15.4 Å². The fourth-order valence-electron chi connectivity index (χ4n) is 4.86. The van der Waals surface area contributed by atoms with Gasteiger partial charge in [-0.2, -0.15) is 0 Å². The van der Waals surface area contributed by atoms with Crippen LogP contribution in [0.4, 0.5) is 5.69 Å². The molecule has 0 radical (unpaired) electrons. The molecule has 12 heteroatoms. The average molecular weight is 748 g/mol. The van der Waals surface area contributed by atoms with E-state index in [1.165, 1.54) is 30.2 Å². The summed E-state index contributed by atoms with van der Waals surface area (Å²) < 4.78 is 35.3. The van der Waals surface area contributed by atoms with Crippen LogP contribution in [-0.4, -0.2) is 51.4 Å². The molecule has 0 aliphatic rings. The first-order chi connectivity index (χ1) is 21.9. The minimum absolute atomic E-state index is 0.0276. The molecule has 0 unspecified atom stereocenters. The number of amides is 2. The minimum atomic E-state index is -4.28. The maximum atomic E-state index is 14.5. The number of carbonyl (C=O) groups is 2. The summed E-state index contributed by atoms with van der Waals surface area (Å²) in [6.07, 6.45) is 0.197. The Bertz CT molecular complexity index is 1790. The lowest BCUT2D eigenvalue weighted by Crippen LogP contribution is -2.53. The summed E-state index contributed by atoms with van der Waals surface area (Å²) in [5.41, 5.74) is 2.66. The van der Waals surface area contributed by atoms with Crippen molar-refractivity contribution in [3.63, 3.8) is 0 Å². The second-order valence-electron chi connectivity index (χ2n) is 10.5. The molecule has 0 spiro atoms. The summed E-state index contributed by atoms with van der Waals surface area (Å²) in [7, 11) is -2.80. The molecule has 4 aromatic carbocycles. The predicted octanol–water partition coefficient (Wildman–Crippen LogP) is 7.04. The number of nitrogens with zero attached hydrogens (tertiary/aromatic N) is 2. The minimum Gasteiger partial charge on any atom is -0.496 e. The number of methoxy groups -OCH3 is 1. The predicted molar refractivity (Wildman–Crippen MR) is 186 cm³/mol. The van der Waals surface area contributed by atoms with Gasteiger partial charge >= 0.3 is 0 Å². The SMILES string of the molecule is CCNC(=O)[C@@H](Cc1ccccc1)N(Cc1ccc(Cl)c(Cl)c1)C(=O)CN(c1ccc(C)cc1)S(=O)(=O)c1ccc(OC)c(Br)c1. The van der Waals surface area contributed by atoms with Crippen LogP contribution in [0.2, 0.25) is 10.0 Å².